The van der Waals surface area contributed by atoms with Crippen molar-refractivity contribution in [3.63, 3.8) is 0 Å². The van der Waals surface area contributed by atoms with Gasteiger partial charge in [-0.05, 0) is 81.3 Å². The second-order valence-corrected chi connectivity index (χ2v) is 9.55. The van der Waals surface area contributed by atoms with Gasteiger partial charge in [0.15, 0.2) is 0 Å². The lowest BCUT2D eigenvalue weighted by atomic mass is 9.86. The highest BCUT2D eigenvalue weighted by atomic mass is 16.1. The van der Waals surface area contributed by atoms with Crippen molar-refractivity contribution in [2.24, 2.45) is 27.6 Å². The number of nitrogens with two attached hydrogens (primary N) is 2. The number of fused-ring (bicyclic) bond motifs is 1. The van der Waals surface area contributed by atoms with E-state index in [2.05, 4.69) is 44.2 Å². The molecule has 1 aromatic carbocycles. The molecule has 0 spiro atoms. The highest BCUT2D eigenvalue weighted by Gasteiger charge is 2.14. The lowest BCUT2D eigenvalue weighted by molar-refractivity contribution is 0.325. The van der Waals surface area contributed by atoms with E-state index in [-0.39, 0.29) is 11.6 Å². The Hall–Kier alpha value is -3.52. The summed E-state index contributed by atoms with van der Waals surface area (Å²) >= 11 is 0. The summed E-state index contributed by atoms with van der Waals surface area (Å²) in [5.41, 5.74) is 8.83. The third kappa shape index (κ3) is 6.37. The van der Waals surface area contributed by atoms with Gasteiger partial charge in [0.05, 0.1) is 18.0 Å². The fourth-order valence-electron chi connectivity index (χ4n) is 4.46. The SMILES string of the molecule is CC(N=C/C(=N\N)c1cc(=O)n2ccccc2n1)c1ccc(N2CCCCC2)cc1.NCC1CCC1. The zero-order valence-electron chi connectivity index (χ0n) is 21.1. The summed E-state index contributed by atoms with van der Waals surface area (Å²) in [6, 6.07) is 15.3. The molecule has 3 heterocycles. The summed E-state index contributed by atoms with van der Waals surface area (Å²) in [6.45, 7) is 5.19. The molecule has 8 nitrogen and oxygen atoms in total. The molecule has 8 heteroatoms. The molecular weight excluding hydrogens is 450 g/mol. The number of anilines is 1. The lowest BCUT2D eigenvalue weighted by Crippen LogP contribution is -2.29. The molecule has 1 aliphatic heterocycles. The Morgan fingerprint density at radius 1 is 1.11 bits per heavy atom. The third-order valence-corrected chi connectivity index (χ3v) is 7.05. The lowest BCUT2D eigenvalue weighted by Gasteiger charge is -2.29. The number of pyridine rings is 1. The minimum Gasteiger partial charge on any atom is -0.372 e. The fourth-order valence-corrected chi connectivity index (χ4v) is 4.46. The molecule has 190 valence electrons. The average Bonchev–Trinajstić information content (AvgIpc) is 2.89. The number of nitrogens with zero attached hydrogens (tertiary/aromatic N) is 5. The zero-order valence-corrected chi connectivity index (χ0v) is 21.1. The topological polar surface area (TPSA) is 114 Å². The third-order valence-electron chi connectivity index (χ3n) is 7.05. The molecule has 3 aromatic rings. The molecule has 36 heavy (non-hydrogen) atoms. The van der Waals surface area contributed by atoms with Crippen LogP contribution >= 0.6 is 0 Å². The molecule has 4 N–H and O–H groups in total. The van der Waals surface area contributed by atoms with Crippen LogP contribution in [0.25, 0.3) is 5.65 Å². The Bertz CT molecular complexity index is 1240. The predicted molar refractivity (Wildman–Crippen MR) is 148 cm³/mol. The molecule has 1 unspecified atom stereocenters. The van der Waals surface area contributed by atoms with Crippen LogP contribution in [-0.4, -0.2) is 40.9 Å². The minimum atomic E-state index is -0.188. The smallest absolute Gasteiger partial charge is 0.258 e. The number of piperidine rings is 1. The molecule has 1 aliphatic carbocycles. The molecule has 1 saturated heterocycles. The van der Waals surface area contributed by atoms with Gasteiger partial charge < -0.3 is 16.5 Å². The van der Waals surface area contributed by atoms with Gasteiger partial charge in [0.2, 0.25) is 0 Å². The second-order valence-electron chi connectivity index (χ2n) is 9.55. The highest BCUT2D eigenvalue weighted by molar-refractivity contribution is 6.37. The standard InChI is InChI=1S/C23H26N6O.C5H11N/c1-17(18-8-10-19(11-9-18)28-12-4-2-5-13-28)25-16-21(27-24)20-15-23(30)29-14-6-3-7-22(29)26-20;6-4-5-2-1-3-5/h3,6-11,14-17H,2,4-5,12-13,24H2,1H3;5H,1-4,6H2/b25-16?,27-21+;. The van der Waals surface area contributed by atoms with Gasteiger partial charge >= 0.3 is 0 Å². The van der Waals surface area contributed by atoms with Crippen LogP contribution in [0.4, 0.5) is 5.69 Å². The van der Waals surface area contributed by atoms with Crippen molar-refractivity contribution in [3.05, 3.63) is 76.3 Å². The average molecular weight is 488 g/mol. The molecule has 0 radical (unpaired) electrons. The van der Waals surface area contributed by atoms with Crippen molar-refractivity contribution in [1.82, 2.24) is 9.38 Å². The Labute approximate surface area is 212 Å². The summed E-state index contributed by atoms with van der Waals surface area (Å²) < 4.78 is 1.47. The minimum absolute atomic E-state index is 0.0706. The number of hydrazone groups is 1. The van der Waals surface area contributed by atoms with Crippen LogP contribution in [0.5, 0.6) is 0 Å². The number of rotatable bonds is 6. The number of aliphatic imine (C=N–C) groups is 1. The largest absolute Gasteiger partial charge is 0.372 e. The monoisotopic (exact) mass is 487 g/mol. The Morgan fingerprint density at radius 3 is 2.47 bits per heavy atom. The van der Waals surface area contributed by atoms with Gasteiger partial charge in [0.25, 0.3) is 5.56 Å². The molecule has 5 rings (SSSR count). The van der Waals surface area contributed by atoms with E-state index >= 15 is 0 Å². The number of hydrogen-bond donors (Lipinski definition) is 2. The molecule has 2 fully saturated rings. The van der Waals surface area contributed by atoms with Crippen molar-refractivity contribution in [1.29, 1.82) is 0 Å². The number of hydrogen-bond acceptors (Lipinski definition) is 7. The maximum atomic E-state index is 12.3. The summed E-state index contributed by atoms with van der Waals surface area (Å²) in [5.74, 6) is 6.46. The van der Waals surface area contributed by atoms with E-state index in [1.807, 2.05) is 13.0 Å². The fraction of sp³-hybridized carbons (Fsp3) is 0.429. The van der Waals surface area contributed by atoms with Crippen LogP contribution in [0.15, 0.2) is 69.6 Å². The normalized spacial score (nSPS) is 17.5. The van der Waals surface area contributed by atoms with E-state index in [1.54, 1.807) is 24.5 Å². The first-order valence-corrected chi connectivity index (χ1v) is 12.9. The second kappa shape index (κ2) is 12.4. The summed E-state index contributed by atoms with van der Waals surface area (Å²) in [5, 5.41) is 3.80. The van der Waals surface area contributed by atoms with E-state index in [4.69, 9.17) is 11.6 Å². The van der Waals surface area contributed by atoms with E-state index in [1.165, 1.54) is 54.7 Å². The summed E-state index contributed by atoms with van der Waals surface area (Å²) in [4.78, 5) is 23.8. The first-order chi connectivity index (χ1) is 17.6. The summed E-state index contributed by atoms with van der Waals surface area (Å²) in [6.07, 6.45) is 11.3. The molecule has 2 aliphatic rings. The Kier molecular flexibility index (Phi) is 8.84. The first kappa shape index (κ1) is 25.6. The number of benzene rings is 1. The van der Waals surface area contributed by atoms with E-state index < -0.39 is 0 Å². The molecule has 1 saturated carbocycles. The molecule has 1 atom stereocenters. The van der Waals surface area contributed by atoms with Gasteiger partial charge in [0.1, 0.15) is 11.4 Å². The van der Waals surface area contributed by atoms with Crippen molar-refractivity contribution >= 4 is 23.3 Å². The molecule has 0 bridgehead atoms. The van der Waals surface area contributed by atoms with Gasteiger partial charge in [-0.1, -0.05) is 24.6 Å². The van der Waals surface area contributed by atoms with Gasteiger partial charge in [-0.2, -0.15) is 5.10 Å². The predicted octanol–water partition coefficient (Wildman–Crippen LogP) is 3.92. The van der Waals surface area contributed by atoms with Crippen molar-refractivity contribution in [2.75, 3.05) is 24.5 Å². The molecule has 2 aromatic heterocycles. The van der Waals surface area contributed by atoms with Crippen LogP contribution < -0.4 is 22.0 Å². The van der Waals surface area contributed by atoms with E-state index in [0.29, 0.717) is 17.1 Å². The van der Waals surface area contributed by atoms with Crippen LogP contribution in [0.2, 0.25) is 0 Å². The molecular formula is C28H37N7O. The summed E-state index contributed by atoms with van der Waals surface area (Å²) in [7, 11) is 0. The van der Waals surface area contributed by atoms with E-state index in [9.17, 15) is 4.79 Å². The van der Waals surface area contributed by atoms with E-state index in [0.717, 1.165) is 31.1 Å². The van der Waals surface area contributed by atoms with Crippen LogP contribution in [-0.2, 0) is 0 Å². The van der Waals surface area contributed by atoms with Crippen molar-refractivity contribution in [2.45, 2.75) is 51.5 Å². The van der Waals surface area contributed by atoms with Crippen molar-refractivity contribution < 1.29 is 0 Å². The van der Waals surface area contributed by atoms with Gasteiger partial charge in [0, 0.05) is 31.0 Å². The zero-order chi connectivity index (χ0) is 25.3. The van der Waals surface area contributed by atoms with Crippen LogP contribution in [0.1, 0.15) is 62.7 Å². The molecule has 0 amide bonds. The van der Waals surface area contributed by atoms with Crippen LogP contribution in [0.3, 0.4) is 0 Å². The van der Waals surface area contributed by atoms with Crippen LogP contribution in [0, 0.1) is 5.92 Å². The maximum Gasteiger partial charge on any atom is 0.258 e. The highest BCUT2D eigenvalue weighted by Crippen LogP contribution is 2.24. The Morgan fingerprint density at radius 2 is 1.86 bits per heavy atom. The quantitative estimate of drug-likeness (QED) is 0.311. The van der Waals surface area contributed by atoms with Gasteiger partial charge in [-0.25, -0.2) is 4.98 Å². The van der Waals surface area contributed by atoms with Gasteiger partial charge in [-0.15, -0.1) is 0 Å². The van der Waals surface area contributed by atoms with Crippen molar-refractivity contribution in [3.8, 4) is 0 Å². The maximum absolute atomic E-state index is 12.3. The number of aromatic nitrogens is 2. The Balaban J connectivity index is 0.000000445. The first-order valence-electron chi connectivity index (χ1n) is 12.9. The van der Waals surface area contributed by atoms with Gasteiger partial charge in [-0.3, -0.25) is 14.2 Å².